The van der Waals surface area contributed by atoms with Gasteiger partial charge in [0.15, 0.2) is 0 Å². The number of hydrogen-bond acceptors (Lipinski definition) is 6. The molecule has 3 rings (SSSR count). The number of aliphatic hydroxyl groups excluding tert-OH is 1. The number of amides is 1. The Labute approximate surface area is 211 Å². The van der Waals surface area contributed by atoms with Crippen LogP contribution in [0.2, 0.25) is 5.02 Å². The molecule has 1 aliphatic heterocycles. The molecule has 1 N–H and O–H groups in total. The largest absolute Gasteiger partial charge is 0.507 e. The fourth-order valence-corrected chi connectivity index (χ4v) is 4.35. The first-order chi connectivity index (χ1) is 16.4. The van der Waals surface area contributed by atoms with Crippen LogP contribution in [0.3, 0.4) is 0 Å². The number of likely N-dealkylation sites (tertiary alicyclic amines) is 1. The molecule has 1 fully saturated rings. The van der Waals surface area contributed by atoms with Gasteiger partial charge < -0.3 is 24.4 Å². The van der Waals surface area contributed by atoms with Crippen LogP contribution in [0.5, 0.6) is 11.5 Å². The summed E-state index contributed by atoms with van der Waals surface area (Å²) < 4.78 is 10.7. The van der Waals surface area contributed by atoms with Gasteiger partial charge in [-0.25, -0.2) is 0 Å². The van der Waals surface area contributed by atoms with Crippen LogP contribution in [-0.2, 0) is 15.0 Å². The minimum atomic E-state index is -0.754. The molecule has 2 aromatic carbocycles. The van der Waals surface area contributed by atoms with Crippen LogP contribution in [0.15, 0.2) is 42.0 Å². The molecule has 0 aromatic heterocycles. The molecule has 0 radical (unpaired) electrons. The first kappa shape index (κ1) is 26.6. The van der Waals surface area contributed by atoms with Crippen LogP contribution < -0.4 is 9.47 Å². The van der Waals surface area contributed by atoms with E-state index in [1.54, 1.807) is 0 Å². The summed E-state index contributed by atoms with van der Waals surface area (Å²) in [5.41, 5.74) is 2.02. The van der Waals surface area contributed by atoms with E-state index in [-0.39, 0.29) is 28.1 Å². The molecule has 0 saturated carbocycles. The molecule has 7 nitrogen and oxygen atoms in total. The molecule has 1 saturated heterocycles. The lowest BCUT2D eigenvalue weighted by atomic mass is 9.85. The predicted octanol–water partition coefficient (Wildman–Crippen LogP) is 4.64. The molecule has 1 atom stereocenters. The number of hydrogen-bond donors (Lipinski definition) is 1. The van der Waals surface area contributed by atoms with Crippen molar-refractivity contribution in [3.63, 3.8) is 0 Å². The Balaban J connectivity index is 2.23. The Bertz CT molecular complexity index is 1150. The van der Waals surface area contributed by atoms with E-state index in [1.165, 1.54) is 31.3 Å². The molecule has 1 aliphatic rings. The lowest BCUT2D eigenvalue weighted by Gasteiger charge is -2.27. The van der Waals surface area contributed by atoms with Gasteiger partial charge in [0.05, 0.1) is 36.4 Å². The van der Waals surface area contributed by atoms with Crippen molar-refractivity contribution in [3.05, 3.63) is 63.7 Å². The second-order valence-electron chi connectivity index (χ2n) is 9.85. The topological polar surface area (TPSA) is 79.3 Å². The Morgan fingerprint density at radius 3 is 2.17 bits per heavy atom. The average molecular weight is 501 g/mol. The van der Waals surface area contributed by atoms with Gasteiger partial charge in [0.2, 0.25) is 0 Å². The van der Waals surface area contributed by atoms with Gasteiger partial charge in [-0.2, -0.15) is 0 Å². The van der Waals surface area contributed by atoms with E-state index in [2.05, 4.69) is 20.8 Å². The lowest BCUT2D eigenvalue weighted by molar-refractivity contribution is -0.140. The van der Waals surface area contributed by atoms with Gasteiger partial charge in [-0.1, -0.05) is 56.6 Å². The number of benzene rings is 2. The highest BCUT2D eigenvalue weighted by atomic mass is 35.5. The summed E-state index contributed by atoms with van der Waals surface area (Å²) in [4.78, 5) is 29.9. The van der Waals surface area contributed by atoms with E-state index in [0.29, 0.717) is 23.9 Å². The van der Waals surface area contributed by atoms with Gasteiger partial charge >= 0.3 is 0 Å². The number of halogens is 1. The van der Waals surface area contributed by atoms with Crippen molar-refractivity contribution in [1.29, 1.82) is 0 Å². The summed E-state index contributed by atoms with van der Waals surface area (Å²) in [6.45, 7) is 7.23. The normalized spacial score (nSPS) is 17.9. The fraction of sp³-hybridized carbons (Fsp3) is 0.407. The van der Waals surface area contributed by atoms with Crippen LogP contribution in [0.1, 0.15) is 43.5 Å². The van der Waals surface area contributed by atoms with Gasteiger partial charge in [0.25, 0.3) is 11.7 Å². The number of carbonyl (C=O) groups is 2. The SMILES string of the molecule is COc1cc(/C(O)=C2\C(=O)C(=O)N(CCN(C)C)C2c2ccc(C(C)(C)C)cc2)c(OC)cc1Cl. The summed E-state index contributed by atoms with van der Waals surface area (Å²) in [6, 6.07) is 10.1. The third-order valence-electron chi connectivity index (χ3n) is 6.15. The van der Waals surface area contributed by atoms with E-state index in [4.69, 9.17) is 21.1 Å². The maximum Gasteiger partial charge on any atom is 0.295 e. The van der Waals surface area contributed by atoms with Crippen LogP contribution in [0.25, 0.3) is 5.76 Å². The van der Waals surface area contributed by atoms with Crippen LogP contribution in [0.4, 0.5) is 0 Å². The number of likely N-dealkylation sites (N-methyl/N-ethyl adjacent to an activating group) is 1. The van der Waals surface area contributed by atoms with Crippen molar-refractivity contribution in [3.8, 4) is 11.5 Å². The third-order valence-corrected chi connectivity index (χ3v) is 6.44. The maximum absolute atomic E-state index is 13.3. The molecule has 188 valence electrons. The zero-order valence-electron chi connectivity index (χ0n) is 21.3. The van der Waals surface area contributed by atoms with Crippen LogP contribution in [-0.4, -0.2) is 68.0 Å². The maximum atomic E-state index is 13.3. The zero-order chi connectivity index (χ0) is 26.1. The van der Waals surface area contributed by atoms with Gasteiger partial charge in [0.1, 0.15) is 17.3 Å². The average Bonchev–Trinajstić information content (AvgIpc) is 3.06. The molecule has 35 heavy (non-hydrogen) atoms. The molecule has 0 spiro atoms. The van der Waals surface area contributed by atoms with Gasteiger partial charge in [-0.05, 0) is 36.7 Å². The summed E-state index contributed by atoms with van der Waals surface area (Å²) in [6.07, 6.45) is 0. The second-order valence-corrected chi connectivity index (χ2v) is 10.3. The van der Waals surface area contributed by atoms with Gasteiger partial charge in [-0.3, -0.25) is 9.59 Å². The summed E-state index contributed by atoms with van der Waals surface area (Å²) in [5, 5.41) is 11.7. The first-order valence-corrected chi connectivity index (χ1v) is 11.7. The molecule has 2 aromatic rings. The van der Waals surface area contributed by atoms with E-state index in [9.17, 15) is 14.7 Å². The standard InChI is InChI=1S/C27H33ClN2O5/c1-27(2,3)17-10-8-16(9-11-17)23-22(25(32)26(33)30(23)13-12-29(4)5)24(31)18-14-21(35-7)19(28)15-20(18)34-6/h8-11,14-15,23,31H,12-13H2,1-7H3/b24-22+. The molecule has 1 heterocycles. The summed E-state index contributed by atoms with van der Waals surface area (Å²) in [5.74, 6) is -1.18. The van der Waals surface area contributed by atoms with E-state index in [0.717, 1.165) is 11.1 Å². The van der Waals surface area contributed by atoms with Crippen molar-refractivity contribution < 1.29 is 24.2 Å². The van der Waals surface area contributed by atoms with Crippen molar-refractivity contribution >= 4 is 29.1 Å². The van der Waals surface area contributed by atoms with Crippen LogP contribution >= 0.6 is 11.6 Å². The second kappa shape index (κ2) is 10.3. The van der Waals surface area contributed by atoms with Crippen molar-refractivity contribution in [2.24, 2.45) is 0 Å². The third kappa shape index (κ3) is 5.31. The Kier molecular flexibility index (Phi) is 7.82. The number of Topliss-reactive ketones (excluding diaryl/α,β-unsaturated/α-hetero) is 1. The molecule has 0 aliphatic carbocycles. The molecule has 8 heteroatoms. The molecule has 1 unspecified atom stereocenters. The number of ether oxygens (including phenoxy) is 2. The molecular formula is C27H33ClN2O5. The van der Waals surface area contributed by atoms with E-state index >= 15 is 0 Å². The number of methoxy groups -OCH3 is 2. The number of ketones is 1. The highest BCUT2D eigenvalue weighted by molar-refractivity contribution is 6.46. The Morgan fingerprint density at radius 1 is 1.06 bits per heavy atom. The lowest BCUT2D eigenvalue weighted by Crippen LogP contribution is -2.35. The minimum absolute atomic E-state index is 0.0000553. The van der Waals surface area contributed by atoms with E-state index in [1.807, 2.05) is 43.3 Å². The zero-order valence-corrected chi connectivity index (χ0v) is 22.1. The number of nitrogens with zero attached hydrogens (tertiary/aromatic N) is 2. The number of aliphatic hydroxyl groups is 1. The summed E-state index contributed by atoms with van der Waals surface area (Å²) in [7, 11) is 6.69. The molecule has 1 amide bonds. The predicted molar refractivity (Wildman–Crippen MR) is 137 cm³/mol. The smallest absolute Gasteiger partial charge is 0.295 e. The van der Waals surface area contributed by atoms with Gasteiger partial charge in [0, 0.05) is 19.2 Å². The Hall–Kier alpha value is -3.03. The van der Waals surface area contributed by atoms with Crippen molar-refractivity contribution in [2.45, 2.75) is 32.2 Å². The monoisotopic (exact) mass is 500 g/mol. The van der Waals surface area contributed by atoms with Crippen molar-refractivity contribution in [1.82, 2.24) is 9.80 Å². The van der Waals surface area contributed by atoms with Gasteiger partial charge in [-0.15, -0.1) is 0 Å². The van der Waals surface area contributed by atoms with E-state index < -0.39 is 17.7 Å². The van der Waals surface area contributed by atoms with Crippen molar-refractivity contribution in [2.75, 3.05) is 41.4 Å². The number of carbonyl (C=O) groups excluding carboxylic acids is 2. The minimum Gasteiger partial charge on any atom is -0.507 e. The quantitative estimate of drug-likeness (QED) is 0.339. The highest BCUT2D eigenvalue weighted by Crippen LogP contribution is 2.43. The highest BCUT2D eigenvalue weighted by Gasteiger charge is 2.46. The molecule has 0 bridgehead atoms. The Morgan fingerprint density at radius 2 is 1.66 bits per heavy atom. The molecular weight excluding hydrogens is 468 g/mol. The van der Waals surface area contributed by atoms with Crippen LogP contribution in [0, 0.1) is 0 Å². The number of rotatable bonds is 7. The summed E-state index contributed by atoms with van der Waals surface area (Å²) >= 11 is 6.23. The first-order valence-electron chi connectivity index (χ1n) is 11.4. The fourth-order valence-electron chi connectivity index (χ4n) is 4.12.